The van der Waals surface area contributed by atoms with E-state index in [1.54, 1.807) is 16.8 Å². The van der Waals surface area contributed by atoms with Crippen LogP contribution in [0.5, 0.6) is 0 Å². The Morgan fingerprint density at radius 3 is 2.57 bits per heavy atom. The molecule has 0 saturated heterocycles. The molecule has 0 spiro atoms. The summed E-state index contributed by atoms with van der Waals surface area (Å²) in [6, 6.07) is 17.9. The average molecular weight is 473 g/mol. The largest absolute Gasteiger partial charge is 0.464 e. The number of halogens is 1. The molecule has 0 bridgehead atoms. The molecule has 0 aliphatic heterocycles. The van der Waals surface area contributed by atoms with Crippen LogP contribution >= 0.6 is 0 Å². The van der Waals surface area contributed by atoms with Crippen LogP contribution in [0, 0.1) is 11.7 Å². The van der Waals surface area contributed by atoms with Crippen LogP contribution in [0.3, 0.4) is 0 Å². The van der Waals surface area contributed by atoms with Crippen molar-refractivity contribution < 1.29 is 18.7 Å². The van der Waals surface area contributed by atoms with E-state index in [0.717, 1.165) is 24.0 Å². The van der Waals surface area contributed by atoms with Gasteiger partial charge in [0.15, 0.2) is 5.69 Å². The second-order valence-corrected chi connectivity index (χ2v) is 8.63. The summed E-state index contributed by atoms with van der Waals surface area (Å²) in [7, 11) is 1.32. The Kier molecular flexibility index (Phi) is 6.18. The van der Waals surface area contributed by atoms with Crippen LogP contribution in [-0.4, -0.2) is 28.5 Å². The number of benzene rings is 2. The van der Waals surface area contributed by atoms with Crippen molar-refractivity contribution in [1.82, 2.24) is 9.55 Å². The Hall–Kier alpha value is -4.20. The van der Waals surface area contributed by atoms with E-state index in [1.807, 2.05) is 42.5 Å². The van der Waals surface area contributed by atoms with Gasteiger partial charge in [-0.1, -0.05) is 42.5 Å². The first-order chi connectivity index (χ1) is 17.0. The minimum Gasteiger partial charge on any atom is -0.464 e. The number of ether oxygens (including phenoxy) is 1. The lowest BCUT2D eigenvalue weighted by molar-refractivity contribution is -0.117. The third-order valence-electron chi connectivity index (χ3n) is 6.04. The zero-order valence-electron chi connectivity index (χ0n) is 19.3. The van der Waals surface area contributed by atoms with Crippen LogP contribution in [0.15, 0.2) is 66.9 Å². The van der Waals surface area contributed by atoms with Crippen LogP contribution in [0.2, 0.25) is 0 Å². The van der Waals surface area contributed by atoms with Gasteiger partial charge in [0.1, 0.15) is 11.5 Å². The summed E-state index contributed by atoms with van der Waals surface area (Å²) in [5.74, 6) is -1.02. The van der Waals surface area contributed by atoms with Crippen LogP contribution in [-0.2, 0) is 22.6 Å². The first-order valence-electron chi connectivity index (χ1n) is 11.5. The fraction of sp³-hybridized carbons (Fsp3) is 0.222. The number of amides is 1. The molecule has 2 aromatic carbocycles. The van der Waals surface area contributed by atoms with Crippen molar-refractivity contribution in [2.24, 2.45) is 5.92 Å². The number of hydrogen-bond donors (Lipinski definition) is 2. The smallest absolute Gasteiger partial charge is 0.356 e. The molecule has 2 aromatic heterocycles. The topological polar surface area (TPSA) is 85.2 Å². The Morgan fingerprint density at radius 2 is 1.86 bits per heavy atom. The molecule has 0 radical (unpaired) electrons. The van der Waals surface area contributed by atoms with Crippen LogP contribution < -0.4 is 10.6 Å². The highest BCUT2D eigenvalue weighted by atomic mass is 19.1. The Labute approximate surface area is 201 Å². The van der Waals surface area contributed by atoms with Crippen LogP contribution in [0.1, 0.15) is 34.5 Å². The van der Waals surface area contributed by atoms with E-state index < -0.39 is 5.97 Å². The molecule has 1 amide bonds. The molecular weight excluding hydrogens is 447 g/mol. The van der Waals surface area contributed by atoms with Gasteiger partial charge in [-0.3, -0.25) is 4.79 Å². The van der Waals surface area contributed by atoms with E-state index in [4.69, 9.17) is 4.74 Å². The van der Waals surface area contributed by atoms with Gasteiger partial charge in [0, 0.05) is 24.4 Å². The minimum absolute atomic E-state index is 0.0461. The molecule has 1 saturated carbocycles. The van der Waals surface area contributed by atoms with Crippen molar-refractivity contribution >= 4 is 34.3 Å². The summed E-state index contributed by atoms with van der Waals surface area (Å²) in [5.41, 5.74) is 3.62. The van der Waals surface area contributed by atoms with Gasteiger partial charge in [0.2, 0.25) is 5.91 Å². The predicted octanol–water partition coefficient (Wildman–Crippen LogP) is 4.97. The monoisotopic (exact) mass is 472 g/mol. The molecule has 1 aliphatic rings. The normalized spacial score (nSPS) is 13.0. The molecule has 0 atom stereocenters. The number of pyridine rings is 1. The number of rotatable bonds is 8. The van der Waals surface area contributed by atoms with Gasteiger partial charge in [-0.25, -0.2) is 14.2 Å². The SMILES string of the molecule is COC(=O)c1c(NC(=O)C2CC2)c2cc(NCc3cccc(F)c3)cnc2n1Cc1ccccc1. The maximum atomic E-state index is 13.6. The van der Waals surface area contributed by atoms with E-state index in [9.17, 15) is 14.0 Å². The molecule has 5 rings (SSSR count). The molecule has 4 aromatic rings. The summed E-state index contributed by atoms with van der Waals surface area (Å²) in [6.45, 7) is 0.771. The number of hydrogen-bond acceptors (Lipinski definition) is 5. The number of aromatic nitrogens is 2. The summed E-state index contributed by atoms with van der Waals surface area (Å²) >= 11 is 0. The predicted molar refractivity (Wildman–Crippen MR) is 132 cm³/mol. The fourth-order valence-corrected chi connectivity index (χ4v) is 4.10. The zero-order valence-corrected chi connectivity index (χ0v) is 19.3. The highest BCUT2D eigenvalue weighted by Gasteiger charge is 2.33. The van der Waals surface area contributed by atoms with E-state index in [2.05, 4.69) is 15.6 Å². The third kappa shape index (κ3) is 4.87. The Balaban J connectivity index is 1.58. The van der Waals surface area contributed by atoms with Gasteiger partial charge in [0.25, 0.3) is 0 Å². The van der Waals surface area contributed by atoms with Crippen LogP contribution in [0.4, 0.5) is 15.8 Å². The summed E-state index contributed by atoms with van der Waals surface area (Å²) < 4.78 is 20.4. The first-order valence-corrected chi connectivity index (χ1v) is 11.5. The fourth-order valence-electron chi connectivity index (χ4n) is 4.10. The van der Waals surface area contributed by atoms with Crippen molar-refractivity contribution in [3.63, 3.8) is 0 Å². The minimum atomic E-state index is -0.556. The molecular formula is C27H25FN4O3. The van der Waals surface area contributed by atoms with Crippen molar-refractivity contribution in [2.75, 3.05) is 17.7 Å². The molecule has 7 nitrogen and oxygen atoms in total. The molecule has 2 heterocycles. The quantitative estimate of drug-likeness (QED) is 0.354. The molecule has 178 valence electrons. The Bertz CT molecular complexity index is 1400. The van der Waals surface area contributed by atoms with E-state index in [1.165, 1.54) is 19.2 Å². The molecule has 1 fully saturated rings. The molecule has 1 aliphatic carbocycles. The second-order valence-electron chi connectivity index (χ2n) is 8.63. The average Bonchev–Trinajstić information content (AvgIpc) is 3.69. The summed E-state index contributed by atoms with van der Waals surface area (Å²) in [6.07, 6.45) is 3.33. The highest BCUT2D eigenvalue weighted by molar-refractivity contribution is 6.11. The van der Waals surface area contributed by atoms with E-state index >= 15 is 0 Å². The van der Waals surface area contributed by atoms with Crippen molar-refractivity contribution in [3.8, 4) is 0 Å². The van der Waals surface area contributed by atoms with Crippen molar-refractivity contribution in [1.29, 1.82) is 0 Å². The standard InChI is InChI=1S/C27H25FN4O3/c1-35-27(34)24-23(31-26(33)19-10-11-19)22-13-21(29-14-18-8-5-9-20(28)12-18)15-30-25(22)32(24)16-17-6-3-2-4-7-17/h2-9,12-13,15,19,29H,10-11,14,16H2,1H3,(H,31,33). The van der Waals surface area contributed by atoms with Gasteiger partial charge < -0.3 is 19.9 Å². The van der Waals surface area contributed by atoms with Gasteiger partial charge in [-0.05, 0) is 42.2 Å². The zero-order chi connectivity index (χ0) is 24.4. The summed E-state index contributed by atoms with van der Waals surface area (Å²) in [5, 5.41) is 6.84. The van der Waals surface area contributed by atoms with Gasteiger partial charge in [-0.2, -0.15) is 0 Å². The van der Waals surface area contributed by atoms with Gasteiger partial charge >= 0.3 is 5.97 Å². The number of methoxy groups -OCH3 is 1. The lowest BCUT2D eigenvalue weighted by atomic mass is 10.2. The van der Waals surface area contributed by atoms with Gasteiger partial charge in [0.05, 0.1) is 24.7 Å². The number of nitrogens with zero attached hydrogens (tertiary/aromatic N) is 2. The maximum absolute atomic E-state index is 13.6. The van der Waals surface area contributed by atoms with E-state index in [-0.39, 0.29) is 23.3 Å². The number of esters is 1. The van der Waals surface area contributed by atoms with Gasteiger partial charge in [-0.15, -0.1) is 0 Å². The van der Waals surface area contributed by atoms with E-state index in [0.29, 0.717) is 35.5 Å². The number of carbonyl (C=O) groups excluding carboxylic acids is 2. The number of fused-ring (bicyclic) bond motifs is 1. The van der Waals surface area contributed by atoms with Crippen molar-refractivity contribution in [2.45, 2.75) is 25.9 Å². The van der Waals surface area contributed by atoms with Crippen LogP contribution in [0.25, 0.3) is 11.0 Å². The maximum Gasteiger partial charge on any atom is 0.356 e. The third-order valence-corrected chi connectivity index (χ3v) is 6.04. The number of nitrogens with one attached hydrogen (secondary N) is 2. The molecule has 8 heteroatoms. The summed E-state index contributed by atoms with van der Waals surface area (Å²) in [4.78, 5) is 30.3. The lowest BCUT2D eigenvalue weighted by Crippen LogP contribution is -2.18. The molecule has 0 unspecified atom stereocenters. The lowest BCUT2D eigenvalue weighted by Gasteiger charge is -2.11. The van der Waals surface area contributed by atoms with Crippen molar-refractivity contribution in [3.05, 3.63) is 89.5 Å². The second kappa shape index (κ2) is 9.58. The number of carbonyl (C=O) groups is 2. The highest BCUT2D eigenvalue weighted by Crippen LogP contribution is 2.36. The Morgan fingerprint density at radius 1 is 1.09 bits per heavy atom. The number of anilines is 2. The first kappa shape index (κ1) is 22.6. The molecule has 2 N–H and O–H groups in total. The molecule has 35 heavy (non-hydrogen) atoms.